The number of hydrogen-bond donors (Lipinski definition) is 1. The van der Waals surface area contributed by atoms with Crippen molar-refractivity contribution in [3.63, 3.8) is 0 Å². The number of hydrogen-bond acceptors (Lipinski definition) is 5. The molecule has 7 nitrogen and oxygen atoms in total. The summed E-state index contributed by atoms with van der Waals surface area (Å²) >= 11 is 0. The molecule has 0 bridgehead atoms. The van der Waals surface area contributed by atoms with Crippen LogP contribution in [0.2, 0.25) is 0 Å². The van der Waals surface area contributed by atoms with Crippen molar-refractivity contribution in [1.82, 2.24) is 14.8 Å². The minimum absolute atomic E-state index is 0.0190. The van der Waals surface area contributed by atoms with Crippen LogP contribution in [0.5, 0.6) is 0 Å². The normalized spacial score (nSPS) is 16.1. The molecule has 2 aliphatic rings. The highest BCUT2D eigenvalue weighted by Crippen LogP contribution is 2.46. The molecule has 1 aliphatic carbocycles. The van der Waals surface area contributed by atoms with Gasteiger partial charge in [0, 0.05) is 29.9 Å². The third-order valence-electron chi connectivity index (χ3n) is 9.95. The van der Waals surface area contributed by atoms with Crippen molar-refractivity contribution in [1.29, 1.82) is 0 Å². The monoisotopic (exact) mass is 733 g/mol. The number of ether oxygens (including phenoxy) is 1. The van der Waals surface area contributed by atoms with Gasteiger partial charge in [0.25, 0.3) is 5.56 Å². The van der Waals surface area contributed by atoms with Crippen molar-refractivity contribution in [2.24, 2.45) is 5.92 Å². The summed E-state index contributed by atoms with van der Waals surface area (Å²) in [6.45, 7) is 9.95. The van der Waals surface area contributed by atoms with E-state index in [1.807, 2.05) is 4.90 Å². The molecule has 1 aromatic heterocycles. The van der Waals surface area contributed by atoms with Gasteiger partial charge in [-0.3, -0.25) is 14.4 Å². The van der Waals surface area contributed by atoms with E-state index in [-0.39, 0.29) is 59.1 Å². The first-order valence-electron chi connectivity index (χ1n) is 17.8. The molecule has 1 saturated carbocycles. The molecule has 1 N–H and O–H groups in total. The van der Waals surface area contributed by atoms with Crippen LogP contribution >= 0.6 is 0 Å². The molecule has 1 aliphatic heterocycles. The summed E-state index contributed by atoms with van der Waals surface area (Å²) in [6.07, 6.45) is -2.34. The number of aryl methyl sites for hydroxylation is 1. The molecule has 1 amide bonds. The number of alkyl halides is 3. The van der Waals surface area contributed by atoms with Gasteiger partial charge in [-0.25, -0.2) is 13.2 Å². The van der Waals surface area contributed by atoms with E-state index < -0.39 is 70.7 Å². The standard InChI is InChI=1S/C39H45F6N3O4/c1-6-52-33(50)19-30(35-36(41)26(24-9-10-24)17-27(37(35)42)34-22(4)8-11-29(40)23(34)5)46-38(51)31(16-21(2)3)48-20-25(12-15-47-13-7-14-47)28(18-32(48)49)39(43,44)45/h8,11,17-18,20-21,24,30-31H,6-7,9-10,12-16,19H2,1-5H3,(H,46,51). The van der Waals surface area contributed by atoms with Crippen LogP contribution in [0.4, 0.5) is 26.3 Å². The summed E-state index contributed by atoms with van der Waals surface area (Å²) in [4.78, 5) is 42.6. The third-order valence-corrected chi connectivity index (χ3v) is 9.95. The number of carbonyl (C=O) groups excluding carboxylic acids is 2. The lowest BCUT2D eigenvalue weighted by Crippen LogP contribution is -2.41. The summed E-state index contributed by atoms with van der Waals surface area (Å²) in [7, 11) is 0. The summed E-state index contributed by atoms with van der Waals surface area (Å²) in [5.41, 5.74) is -2.03. The number of likely N-dealkylation sites (tertiary alicyclic amines) is 1. The van der Waals surface area contributed by atoms with Gasteiger partial charge >= 0.3 is 12.1 Å². The SMILES string of the molecule is CCOC(=O)CC(NC(=O)C(CC(C)C)n1cc(CCN2CCC2)c(C(F)(F)F)cc1=O)c1c(F)c(-c2c(C)ccc(F)c2C)cc(C2CC2)c1F. The molecule has 1 saturated heterocycles. The lowest BCUT2D eigenvalue weighted by molar-refractivity contribution is -0.144. The molecule has 3 aromatic rings. The van der Waals surface area contributed by atoms with Crippen LogP contribution in [0, 0.1) is 37.2 Å². The number of halogens is 6. The fourth-order valence-corrected chi connectivity index (χ4v) is 6.95. The molecular weight excluding hydrogens is 688 g/mol. The maximum absolute atomic E-state index is 16.9. The largest absolute Gasteiger partial charge is 0.466 e. The molecule has 0 spiro atoms. The Morgan fingerprint density at radius 3 is 2.31 bits per heavy atom. The van der Waals surface area contributed by atoms with Gasteiger partial charge in [0.05, 0.1) is 24.6 Å². The van der Waals surface area contributed by atoms with E-state index in [1.165, 1.54) is 25.1 Å². The van der Waals surface area contributed by atoms with Crippen LogP contribution in [0.25, 0.3) is 11.1 Å². The van der Waals surface area contributed by atoms with Gasteiger partial charge in [-0.05, 0) is 118 Å². The zero-order valence-corrected chi connectivity index (χ0v) is 30.1. The van der Waals surface area contributed by atoms with Crippen molar-refractivity contribution >= 4 is 11.9 Å². The van der Waals surface area contributed by atoms with Crippen LogP contribution in [0.3, 0.4) is 0 Å². The van der Waals surface area contributed by atoms with E-state index in [9.17, 15) is 31.9 Å². The first kappa shape index (κ1) is 39.1. The number of nitrogens with zero attached hydrogens (tertiary/aromatic N) is 2. The summed E-state index contributed by atoms with van der Waals surface area (Å²) in [5.74, 6) is -4.98. The van der Waals surface area contributed by atoms with Gasteiger partial charge in [0.15, 0.2) is 0 Å². The highest BCUT2D eigenvalue weighted by molar-refractivity contribution is 5.82. The zero-order valence-electron chi connectivity index (χ0n) is 30.1. The fourth-order valence-electron chi connectivity index (χ4n) is 6.95. The van der Waals surface area contributed by atoms with E-state index in [2.05, 4.69) is 5.32 Å². The first-order chi connectivity index (χ1) is 24.5. The number of pyridine rings is 1. The number of esters is 1. The van der Waals surface area contributed by atoms with Crippen LogP contribution in [0.1, 0.15) is 104 Å². The number of carbonyl (C=O) groups is 2. The van der Waals surface area contributed by atoms with Crippen molar-refractivity contribution in [3.8, 4) is 11.1 Å². The second-order valence-electron chi connectivity index (χ2n) is 14.3. The molecule has 2 fully saturated rings. The summed E-state index contributed by atoms with van der Waals surface area (Å²) in [6, 6.07) is 1.52. The van der Waals surface area contributed by atoms with Crippen molar-refractivity contribution in [2.75, 3.05) is 26.2 Å². The Kier molecular flexibility index (Phi) is 11.9. The minimum atomic E-state index is -4.82. The van der Waals surface area contributed by atoms with Crippen LogP contribution < -0.4 is 10.9 Å². The quantitative estimate of drug-likeness (QED) is 0.134. The van der Waals surface area contributed by atoms with E-state index in [0.717, 1.165) is 30.3 Å². The molecule has 5 rings (SSSR count). The minimum Gasteiger partial charge on any atom is -0.466 e. The molecule has 0 radical (unpaired) electrons. The van der Waals surface area contributed by atoms with Gasteiger partial charge in [-0.1, -0.05) is 19.9 Å². The molecule has 2 atom stereocenters. The Morgan fingerprint density at radius 1 is 1.04 bits per heavy atom. The molecule has 2 heterocycles. The summed E-state index contributed by atoms with van der Waals surface area (Å²) in [5, 5.41) is 2.59. The van der Waals surface area contributed by atoms with E-state index in [0.29, 0.717) is 31.0 Å². The summed E-state index contributed by atoms with van der Waals surface area (Å²) < 4.78 is 96.6. The van der Waals surface area contributed by atoms with Gasteiger partial charge in [-0.15, -0.1) is 0 Å². The smallest absolute Gasteiger partial charge is 0.416 e. The average molecular weight is 734 g/mol. The predicted molar refractivity (Wildman–Crippen MR) is 184 cm³/mol. The Hall–Kier alpha value is -4.13. The number of rotatable bonds is 14. The number of benzene rings is 2. The highest BCUT2D eigenvalue weighted by Gasteiger charge is 2.38. The number of amides is 1. The van der Waals surface area contributed by atoms with Crippen LogP contribution in [0.15, 0.2) is 35.3 Å². The second-order valence-corrected chi connectivity index (χ2v) is 14.3. The lowest BCUT2D eigenvalue weighted by Gasteiger charge is -2.31. The molecular formula is C39H45F6N3O4. The molecule has 13 heteroatoms. The Balaban J connectivity index is 1.63. The van der Waals surface area contributed by atoms with E-state index in [1.54, 1.807) is 27.7 Å². The van der Waals surface area contributed by atoms with Gasteiger partial charge in [-0.2, -0.15) is 13.2 Å². The molecule has 2 aromatic carbocycles. The Labute approximate surface area is 299 Å². The lowest BCUT2D eigenvalue weighted by atomic mass is 9.88. The topological polar surface area (TPSA) is 80.6 Å². The first-order valence-corrected chi connectivity index (χ1v) is 17.8. The van der Waals surface area contributed by atoms with Crippen LogP contribution in [-0.2, 0) is 26.9 Å². The fraction of sp³-hybridized carbons (Fsp3) is 0.513. The van der Waals surface area contributed by atoms with Gasteiger partial charge in [0.1, 0.15) is 23.5 Å². The van der Waals surface area contributed by atoms with Crippen molar-refractivity contribution in [3.05, 3.63) is 91.6 Å². The Bertz CT molecular complexity index is 1880. The maximum Gasteiger partial charge on any atom is 0.416 e. The van der Waals surface area contributed by atoms with Crippen LogP contribution in [-0.4, -0.2) is 47.6 Å². The second kappa shape index (κ2) is 15.9. The molecule has 282 valence electrons. The van der Waals surface area contributed by atoms with Gasteiger partial charge in [0.2, 0.25) is 5.91 Å². The Morgan fingerprint density at radius 2 is 1.73 bits per heavy atom. The average Bonchev–Trinajstić information content (AvgIpc) is 3.88. The molecule has 52 heavy (non-hydrogen) atoms. The van der Waals surface area contributed by atoms with Crippen molar-refractivity contribution in [2.45, 2.75) is 97.3 Å². The highest BCUT2D eigenvalue weighted by atomic mass is 19.4. The number of aromatic nitrogens is 1. The van der Waals surface area contributed by atoms with Gasteiger partial charge < -0.3 is 19.5 Å². The number of nitrogens with one attached hydrogen (secondary N) is 1. The maximum atomic E-state index is 16.9. The molecule has 2 unspecified atom stereocenters. The zero-order chi connectivity index (χ0) is 38.1. The van der Waals surface area contributed by atoms with E-state index >= 15 is 8.78 Å². The van der Waals surface area contributed by atoms with Crippen molar-refractivity contribution < 1.29 is 40.7 Å². The predicted octanol–water partition coefficient (Wildman–Crippen LogP) is 8.09. The third kappa shape index (κ3) is 8.56. The van der Waals surface area contributed by atoms with E-state index in [4.69, 9.17) is 4.74 Å².